The zero-order chi connectivity index (χ0) is 14.7. The molecule has 1 heterocycles. The van der Waals surface area contributed by atoms with Crippen molar-refractivity contribution in [2.24, 2.45) is 5.92 Å². The number of halogens is 3. The Morgan fingerprint density at radius 2 is 2.10 bits per heavy atom. The molecule has 0 radical (unpaired) electrons. The molecule has 0 bridgehead atoms. The van der Waals surface area contributed by atoms with Crippen LogP contribution in [0.5, 0.6) is 0 Å². The molecule has 0 spiro atoms. The Bertz CT molecular complexity index is 507. The molecule has 6 heteroatoms. The van der Waals surface area contributed by atoms with Crippen molar-refractivity contribution in [2.75, 3.05) is 11.9 Å². The first-order valence-corrected chi connectivity index (χ1v) is 6.65. The number of benzene rings is 1. The number of carbonyl (C=O) groups is 1. The fourth-order valence-corrected chi connectivity index (χ4v) is 2.41. The summed E-state index contributed by atoms with van der Waals surface area (Å²) in [4.78, 5) is 11.8. The first-order chi connectivity index (χ1) is 9.49. The van der Waals surface area contributed by atoms with Crippen molar-refractivity contribution in [2.45, 2.75) is 32.2 Å². The van der Waals surface area contributed by atoms with E-state index in [2.05, 4.69) is 10.6 Å². The molecular formula is C14H17F3N2O. The van der Waals surface area contributed by atoms with Crippen molar-refractivity contribution < 1.29 is 18.0 Å². The van der Waals surface area contributed by atoms with Gasteiger partial charge in [-0.15, -0.1) is 0 Å². The second-order valence-corrected chi connectivity index (χ2v) is 5.16. The Kier molecular flexibility index (Phi) is 4.65. The number of carbonyl (C=O) groups excluding carboxylic acids is 1. The number of rotatable bonds is 3. The summed E-state index contributed by atoms with van der Waals surface area (Å²) in [5.41, 5.74) is -0.336. The lowest BCUT2D eigenvalue weighted by molar-refractivity contribution is -0.117. The largest absolute Gasteiger partial charge is 0.323 e. The molecule has 1 fully saturated rings. The van der Waals surface area contributed by atoms with Crippen LogP contribution in [-0.4, -0.2) is 18.5 Å². The Hall–Kier alpha value is -1.56. The fraction of sp³-hybridized carbons (Fsp3) is 0.500. The normalized spacial score (nSPS) is 22.6. The summed E-state index contributed by atoms with van der Waals surface area (Å²) in [7, 11) is 0. The molecule has 0 aromatic heterocycles. The summed E-state index contributed by atoms with van der Waals surface area (Å²) in [5.74, 6) is -4.29. The number of nitrogens with one attached hydrogen (secondary N) is 2. The summed E-state index contributed by atoms with van der Waals surface area (Å²) in [5, 5.41) is 5.52. The minimum atomic E-state index is -1.58. The highest BCUT2D eigenvalue weighted by molar-refractivity contribution is 5.91. The molecule has 1 amide bonds. The predicted molar refractivity (Wildman–Crippen MR) is 69.8 cm³/mol. The van der Waals surface area contributed by atoms with E-state index in [1.165, 1.54) is 0 Å². The number of anilines is 1. The van der Waals surface area contributed by atoms with E-state index >= 15 is 0 Å². The molecule has 2 unspecified atom stereocenters. The van der Waals surface area contributed by atoms with Gasteiger partial charge in [-0.25, -0.2) is 13.2 Å². The molecule has 1 aliphatic heterocycles. The van der Waals surface area contributed by atoms with Crippen molar-refractivity contribution in [1.82, 2.24) is 5.32 Å². The smallest absolute Gasteiger partial charge is 0.226 e. The highest BCUT2D eigenvalue weighted by Gasteiger charge is 2.24. The summed E-state index contributed by atoms with van der Waals surface area (Å²) in [6.07, 6.45) is 2.28. The minimum absolute atomic E-state index is 0.0251. The van der Waals surface area contributed by atoms with Gasteiger partial charge in [-0.05, 0) is 37.4 Å². The van der Waals surface area contributed by atoms with Crippen molar-refractivity contribution in [3.05, 3.63) is 29.6 Å². The van der Waals surface area contributed by atoms with E-state index in [9.17, 15) is 18.0 Å². The van der Waals surface area contributed by atoms with Gasteiger partial charge in [0, 0.05) is 12.5 Å². The molecule has 0 saturated carbocycles. The molecule has 2 N–H and O–H groups in total. The minimum Gasteiger partial charge on any atom is -0.323 e. The quantitative estimate of drug-likeness (QED) is 0.839. The number of hydrogen-bond donors (Lipinski definition) is 2. The van der Waals surface area contributed by atoms with Crippen LogP contribution in [0.1, 0.15) is 26.2 Å². The number of amides is 1. The standard InChI is InChI=1S/C14H17F3N2O/c1-8-3-2-6-18-11(8)7-12(20)19-10-5-4-9(15)13(16)14(10)17/h4-5,8,11,18H,2-3,6-7H2,1H3,(H,19,20). The monoisotopic (exact) mass is 286 g/mol. The average Bonchev–Trinajstić information content (AvgIpc) is 2.42. The Balaban J connectivity index is 1.99. The molecule has 20 heavy (non-hydrogen) atoms. The van der Waals surface area contributed by atoms with Crippen LogP contribution < -0.4 is 10.6 Å². The second-order valence-electron chi connectivity index (χ2n) is 5.16. The third kappa shape index (κ3) is 3.30. The van der Waals surface area contributed by atoms with Crippen LogP contribution in [0.3, 0.4) is 0 Å². The van der Waals surface area contributed by atoms with Crippen LogP contribution in [0.2, 0.25) is 0 Å². The Labute approximate surface area is 115 Å². The Morgan fingerprint density at radius 1 is 1.35 bits per heavy atom. The molecule has 1 aromatic rings. The van der Waals surface area contributed by atoms with E-state index < -0.39 is 23.4 Å². The second kappa shape index (κ2) is 6.26. The van der Waals surface area contributed by atoms with Crippen LogP contribution in [0.4, 0.5) is 18.9 Å². The molecule has 3 nitrogen and oxygen atoms in total. The lowest BCUT2D eigenvalue weighted by Gasteiger charge is -2.29. The molecule has 0 aliphatic carbocycles. The summed E-state index contributed by atoms with van der Waals surface area (Å²) >= 11 is 0. The maximum Gasteiger partial charge on any atom is 0.226 e. The highest BCUT2D eigenvalue weighted by Crippen LogP contribution is 2.21. The lowest BCUT2D eigenvalue weighted by Crippen LogP contribution is -2.42. The molecule has 2 atom stereocenters. The molecule has 1 aliphatic rings. The van der Waals surface area contributed by atoms with Gasteiger partial charge in [0.2, 0.25) is 5.91 Å². The number of piperidine rings is 1. The summed E-state index contributed by atoms with van der Waals surface area (Å²) < 4.78 is 39.3. The van der Waals surface area contributed by atoms with E-state index in [4.69, 9.17) is 0 Å². The van der Waals surface area contributed by atoms with Crippen molar-refractivity contribution in [3.8, 4) is 0 Å². The third-order valence-corrected chi connectivity index (χ3v) is 3.64. The Morgan fingerprint density at radius 3 is 2.80 bits per heavy atom. The lowest BCUT2D eigenvalue weighted by atomic mass is 9.90. The highest BCUT2D eigenvalue weighted by atomic mass is 19.2. The van der Waals surface area contributed by atoms with Crippen LogP contribution in [-0.2, 0) is 4.79 Å². The van der Waals surface area contributed by atoms with E-state index in [0.29, 0.717) is 5.92 Å². The maximum atomic E-state index is 13.4. The third-order valence-electron chi connectivity index (χ3n) is 3.64. The first kappa shape index (κ1) is 14.8. The van der Waals surface area contributed by atoms with Gasteiger partial charge in [-0.3, -0.25) is 4.79 Å². The predicted octanol–water partition coefficient (Wildman–Crippen LogP) is 2.82. The molecule has 1 aromatic carbocycles. The molecule has 110 valence electrons. The fourth-order valence-electron chi connectivity index (χ4n) is 2.41. The van der Waals surface area contributed by atoms with Crippen LogP contribution in [0.25, 0.3) is 0 Å². The van der Waals surface area contributed by atoms with E-state index in [1.54, 1.807) is 0 Å². The molecular weight excluding hydrogens is 269 g/mol. The number of hydrogen-bond acceptors (Lipinski definition) is 2. The van der Waals surface area contributed by atoms with E-state index in [0.717, 1.165) is 31.5 Å². The topological polar surface area (TPSA) is 41.1 Å². The summed E-state index contributed by atoms with van der Waals surface area (Å²) in [6.45, 7) is 2.89. The van der Waals surface area contributed by atoms with Crippen LogP contribution in [0.15, 0.2) is 12.1 Å². The summed E-state index contributed by atoms with van der Waals surface area (Å²) in [6, 6.07) is 1.83. The van der Waals surface area contributed by atoms with Crippen LogP contribution in [0, 0.1) is 23.4 Å². The van der Waals surface area contributed by atoms with Crippen molar-refractivity contribution in [1.29, 1.82) is 0 Å². The average molecular weight is 286 g/mol. The van der Waals surface area contributed by atoms with Gasteiger partial charge in [0.25, 0.3) is 0 Å². The van der Waals surface area contributed by atoms with Crippen LogP contribution >= 0.6 is 0 Å². The van der Waals surface area contributed by atoms with E-state index in [-0.39, 0.29) is 18.2 Å². The van der Waals surface area contributed by atoms with Gasteiger partial charge in [-0.1, -0.05) is 6.92 Å². The zero-order valence-electron chi connectivity index (χ0n) is 11.2. The SMILES string of the molecule is CC1CCCNC1CC(=O)Nc1ccc(F)c(F)c1F. The molecule has 2 rings (SSSR count). The van der Waals surface area contributed by atoms with E-state index in [1.807, 2.05) is 6.92 Å². The van der Waals surface area contributed by atoms with Crippen molar-refractivity contribution >= 4 is 11.6 Å². The maximum absolute atomic E-state index is 13.4. The van der Waals surface area contributed by atoms with Gasteiger partial charge < -0.3 is 10.6 Å². The van der Waals surface area contributed by atoms with Gasteiger partial charge in [0.15, 0.2) is 17.5 Å². The first-order valence-electron chi connectivity index (χ1n) is 6.65. The van der Waals surface area contributed by atoms with Gasteiger partial charge >= 0.3 is 0 Å². The van der Waals surface area contributed by atoms with Gasteiger partial charge in [-0.2, -0.15) is 0 Å². The zero-order valence-corrected chi connectivity index (χ0v) is 11.2. The van der Waals surface area contributed by atoms with Gasteiger partial charge in [0.05, 0.1) is 5.69 Å². The van der Waals surface area contributed by atoms with Crippen molar-refractivity contribution in [3.63, 3.8) is 0 Å². The molecule has 1 saturated heterocycles. The van der Waals surface area contributed by atoms with Gasteiger partial charge in [0.1, 0.15) is 0 Å².